The van der Waals surface area contributed by atoms with Crippen LogP contribution in [0.2, 0.25) is 0 Å². The van der Waals surface area contributed by atoms with Gasteiger partial charge in [-0.2, -0.15) is 0 Å². The average Bonchev–Trinajstić information content (AvgIpc) is 2.90. The van der Waals surface area contributed by atoms with Gasteiger partial charge in [-0.05, 0) is 71.0 Å². The summed E-state index contributed by atoms with van der Waals surface area (Å²) in [5.41, 5.74) is 7.25. The van der Waals surface area contributed by atoms with Crippen LogP contribution in [0.1, 0.15) is 30.0 Å². The molecule has 0 amide bonds. The van der Waals surface area contributed by atoms with E-state index in [1.54, 1.807) is 6.92 Å². The van der Waals surface area contributed by atoms with Crippen LogP contribution in [-0.2, 0) is 16.0 Å². The molecule has 31 heavy (non-hydrogen) atoms. The lowest BCUT2D eigenvalue weighted by atomic mass is 9.89. The number of hydrogen-bond acceptors (Lipinski definition) is 3. The highest BCUT2D eigenvalue weighted by atomic mass is 16.5. The molecule has 4 heteroatoms. The van der Waals surface area contributed by atoms with Gasteiger partial charge in [-0.1, -0.05) is 54.6 Å². The van der Waals surface area contributed by atoms with Gasteiger partial charge in [0.1, 0.15) is 12.4 Å². The summed E-state index contributed by atoms with van der Waals surface area (Å²) in [6, 6.07) is 16.1. The number of benzene rings is 2. The minimum absolute atomic E-state index is 0.339. The van der Waals surface area contributed by atoms with E-state index in [4.69, 9.17) is 9.47 Å². The quantitative estimate of drug-likeness (QED) is 0.623. The van der Waals surface area contributed by atoms with Crippen molar-refractivity contribution in [3.05, 3.63) is 101 Å². The van der Waals surface area contributed by atoms with Gasteiger partial charge in [0.2, 0.25) is 0 Å². The Kier molecular flexibility index (Phi) is 6.48. The Bertz CT molecular complexity index is 1070. The Morgan fingerprint density at radius 2 is 1.90 bits per heavy atom. The number of allylic oxidation sites excluding steroid dienone is 6. The SMILES string of the molecule is CCOC(Cc1ccc(OCC=C2C=CC3=C(C2)c2cccc(c2)C=C3)cc1)C(=O)O. The molecule has 0 saturated carbocycles. The molecular weight excluding hydrogens is 388 g/mol. The molecule has 2 aliphatic carbocycles. The molecule has 0 fully saturated rings. The number of fused-ring (bicyclic) bond motifs is 3. The maximum atomic E-state index is 11.2. The van der Waals surface area contributed by atoms with E-state index in [0.29, 0.717) is 19.6 Å². The molecule has 0 radical (unpaired) electrons. The largest absolute Gasteiger partial charge is 0.490 e. The van der Waals surface area contributed by atoms with Crippen LogP contribution in [0.5, 0.6) is 5.75 Å². The Morgan fingerprint density at radius 3 is 2.68 bits per heavy atom. The molecule has 2 aliphatic rings. The van der Waals surface area contributed by atoms with Gasteiger partial charge in [0.15, 0.2) is 6.10 Å². The first-order chi connectivity index (χ1) is 15.1. The lowest BCUT2D eigenvalue weighted by Gasteiger charge is -2.16. The highest BCUT2D eigenvalue weighted by Gasteiger charge is 2.18. The van der Waals surface area contributed by atoms with Gasteiger partial charge in [-0.25, -0.2) is 4.79 Å². The second-order valence-corrected chi connectivity index (χ2v) is 7.62. The molecule has 2 aromatic carbocycles. The summed E-state index contributed by atoms with van der Waals surface area (Å²) in [4.78, 5) is 11.2. The van der Waals surface area contributed by atoms with E-state index < -0.39 is 12.1 Å². The van der Waals surface area contributed by atoms with Gasteiger partial charge in [-0.3, -0.25) is 0 Å². The summed E-state index contributed by atoms with van der Waals surface area (Å²) in [6.45, 7) is 2.65. The predicted molar refractivity (Wildman–Crippen MR) is 123 cm³/mol. The summed E-state index contributed by atoms with van der Waals surface area (Å²) in [5, 5.41) is 9.22. The van der Waals surface area contributed by atoms with Crippen LogP contribution in [0.4, 0.5) is 0 Å². The number of ether oxygens (including phenoxy) is 2. The summed E-state index contributed by atoms with van der Waals surface area (Å²) < 4.78 is 11.2. The number of aliphatic carboxylic acids is 1. The fraction of sp³-hybridized carbons (Fsp3) is 0.222. The second-order valence-electron chi connectivity index (χ2n) is 7.62. The van der Waals surface area contributed by atoms with Crippen LogP contribution < -0.4 is 4.74 Å². The molecule has 1 N–H and O–H groups in total. The van der Waals surface area contributed by atoms with Crippen LogP contribution in [-0.4, -0.2) is 30.4 Å². The third kappa shape index (κ3) is 5.22. The van der Waals surface area contributed by atoms with Crippen molar-refractivity contribution in [3.8, 4) is 5.75 Å². The number of carboxylic acids is 1. The zero-order valence-corrected chi connectivity index (χ0v) is 17.6. The van der Waals surface area contributed by atoms with Gasteiger partial charge in [0, 0.05) is 13.0 Å². The molecule has 1 unspecified atom stereocenters. The zero-order valence-electron chi connectivity index (χ0n) is 17.6. The van der Waals surface area contributed by atoms with E-state index in [-0.39, 0.29) is 0 Å². The fourth-order valence-electron chi connectivity index (χ4n) is 3.84. The number of carbonyl (C=O) groups is 1. The first kappa shape index (κ1) is 20.9. The molecule has 2 aromatic rings. The molecule has 2 bridgehead atoms. The van der Waals surface area contributed by atoms with Crippen molar-refractivity contribution in [1.29, 1.82) is 0 Å². The lowest BCUT2D eigenvalue weighted by Crippen LogP contribution is -2.26. The molecule has 0 aromatic heterocycles. The minimum atomic E-state index is -0.941. The van der Waals surface area contributed by atoms with Crippen LogP contribution >= 0.6 is 0 Å². The highest BCUT2D eigenvalue weighted by molar-refractivity contribution is 5.82. The number of carboxylic acid groups (broad SMARTS) is 1. The van der Waals surface area contributed by atoms with Crippen molar-refractivity contribution in [1.82, 2.24) is 0 Å². The summed E-state index contributed by atoms with van der Waals surface area (Å²) in [6.07, 6.45) is 11.2. The van der Waals surface area contributed by atoms with Crippen molar-refractivity contribution in [2.75, 3.05) is 13.2 Å². The summed E-state index contributed by atoms with van der Waals surface area (Å²) >= 11 is 0. The fourth-order valence-corrected chi connectivity index (χ4v) is 3.84. The normalized spacial score (nSPS) is 16.7. The van der Waals surface area contributed by atoms with E-state index in [2.05, 4.69) is 54.6 Å². The molecule has 158 valence electrons. The first-order valence-corrected chi connectivity index (χ1v) is 10.6. The molecule has 0 aliphatic heterocycles. The van der Waals surface area contributed by atoms with E-state index in [0.717, 1.165) is 17.7 Å². The number of hydrogen-bond donors (Lipinski definition) is 1. The van der Waals surface area contributed by atoms with Crippen LogP contribution in [0.25, 0.3) is 11.6 Å². The van der Waals surface area contributed by atoms with E-state index in [1.807, 2.05) is 24.3 Å². The Morgan fingerprint density at radius 1 is 1.10 bits per heavy atom. The maximum absolute atomic E-state index is 11.2. The Balaban J connectivity index is 1.35. The zero-order chi connectivity index (χ0) is 21.6. The van der Waals surface area contributed by atoms with E-state index >= 15 is 0 Å². The van der Waals surface area contributed by atoms with Crippen molar-refractivity contribution in [2.45, 2.75) is 25.9 Å². The van der Waals surface area contributed by atoms with Gasteiger partial charge in [0.25, 0.3) is 0 Å². The monoisotopic (exact) mass is 414 g/mol. The lowest BCUT2D eigenvalue weighted by molar-refractivity contribution is -0.149. The van der Waals surface area contributed by atoms with Gasteiger partial charge >= 0.3 is 5.97 Å². The van der Waals surface area contributed by atoms with Crippen LogP contribution in [0.15, 0.2) is 84.0 Å². The van der Waals surface area contributed by atoms with Crippen LogP contribution in [0, 0.1) is 0 Å². The van der Waals surface area contributed by atoms with E-state index in [1.165, 1.54) is 27.8 Å². The van der Waals surface area contributed by atoms with E-state index in [9.17, 15) is 9.90 Å². The third-order valence-corrected chi connectivity index (χ3v) is 5.48. The molecule has 4 nitrogen and oxygen atoms in total. The average molecular weight is 415 g/mol. The topological polar surface area (TPSA) is 55.8 Å². The van der Waals surface area contributed by atoms with Gasteiger partial charge < -0.3 is 14.6 Å². The first-order valence-electron chi connectivity index (χ1n) is 10.6. The second kappa shape index (κ2) is 9.63. The predicted octanol–water partition coefficient (Wildman–Crippen LogP) is 5.46. The summed E-state index contributed by atoms with van der Waals surface area (Å²) in [5.74, 6) is -0.183. The van der Waals surface area contributed by atoms with Crippen molar-refractivity contribution < 1.29 is 19.4 Å². The Hall–Kier alpha value is -3.37. The maximum Gasteiger partial charge on any atom is 0.333 e. The Labute approximate surface area is 182 Å². The van der Waals surface area contributed by atoms with Crippen LogP contribution in [0.3, 0.4) is 0 Å². The molecular formula is C27H26O4. The van der Waals surface area contributed by atoms with Crippen molar-refractivity contribution >= 4 is 17.6 Å². The highest BCUT2D eigenvalue weighted by Crippen LogP contribution is 2.34. The smallest absolute Gasteiger partial charge is 0.333 e. The molecule has 1 atom stereocenters. The van der Waals surface area contributed by atoms with Crippen molar-refractivity contribution in [2.24, 2.45) is 0 Å². The molecule has 0 spiro atoms. The third-order valence-electron chi connectivity index (χ3n) is 5.48. The van der Waals surface area contributed by atoms with Gasteiger partial charge in [-0.15, -0.1) is 0 Å². The molecule has 4 rings (SSSR count). The standard InChI is InChI=1S/C27H26O4/c1-2-30-26(27(28)29)18-20-8-12-24(13-9-20)31-15-14-21-7-11-22-10-6-19-4-3-5-23(16-19)25(22)17-21/h3-14,16,26H,2,15,17-18H2,1H3,(H,28,29). The number of rotatable bonds is 8. The minimum Gasteiger partial charge on any atom is -0.490 e. The van der Waals surface area contributed by atoms with Gasteiger partial charge in [0.05, 0.1) is 0 Å². The molecule has 0 heterocycles. The van der Waals surface area contributed by atoms with Crippen molar-refractivity contribution in [3.63, 3.8) is 0 Å². The molecule has 0 saturated heterocycles. The summed E-state index contributed by atoms with van der Waals surface area (Å²) in [7, 11) is 0.